The smallest absolute Gasteiger partial charge is 0.119 e. The van der Waals surface area contributed by atoms with Gasteiger partial charge >= 0.3 is 0 Å². The van der Waals surface area contributed by atoms with Gasteiger partial charge in [-0.25, -0.2) is 4.98 Å². The molecule has 1 atom stereocenters. The third-order valence-corrected chi connectivity index (χ3v) is 5.70. The molecule has 0 bridgehead atoms. The lowest BCUT2D eigenvalue weighted by molar-refractivity contribution is 0.222. The lowest BCUT2D eigenvalue weighted by Crippen LogP contribution is -2.25. The number of benzene rings is 2. The van der Waals surface area contributed by atoms with Gasteiger partial charge in [0.05, 0.1) is 22.9 Å². The van der Waals surface area contributed by atoms with E-state index < -0.39 is 0 Å². The van der Waals surface area contributed by atoms with Gasteiger partial charge in [-0.1, -0.05) is 30.3 Å². The Bertz CT molecular complexity index is 753. The van der Waals surface area contributed by atoms with E-state index in [2.05, 4.69) is 29.2 Å². The van der Waals surface area contributed by atoms with Gasteiger partial charge in [0, 0.05) is 6.54 Å². The van der Waals surface area contributed by atoms with E-state index in [0.29, 0.717) is 6.04 Å². The van der Waals surface area contributed by atoms with Crippen molar-refractivity contribution in [1.82, 2.24) is 9.88 Å². The number of likely N-dealkylation sites (tertiary alicyclic amines) is 1. The van der Waals surface area contributed by atoms with Gasteiger partial charge < -0.3 is 4.74 Å². The van der Waals surface area contributed by atoms with Crippen molar-refractivity contribution in [3.63, 3.8) is 0 Å². The molecular weight excluding hydrogens is 316 g/mol. The van der Waals surface area contributed by atoms with Crippen LogP contribution >= 0.6 is 11.3 Å². The highest BCUT2D eigenvalue weighted by Gasteiger charge is 2.28. The SMILES string of the molecule is c1ccc(OCCCN2CCCC2c2nc3ccccc3s2)cc1. The Morgan fingerprint density at radius 3 is 2.79 bits per heavy atom. The molecular formula is C20H22N2OS. The Hall–Kier alpha value is -1.91. The normalized spacial score (nSPS) is 18.2. The first kappa shape index (κ1) is 15.6. The second kappa shape index (κ2) is 7.32. The van der Waals surface area contributed by atoms with E-state index >= 15 is 0 Å². The molecule has 0 saturated carbocycles. The third kappa shape index (κ3) is 3.45. The van der Waals surface area contributed by atoms with Gasteiger partial charge in [0.15, 0.2) is 0 Å². The fourth-order valence-electron chi connectivity index (χ4n) is 3.38. The maximum absolute atomic E-state index is 5.82. The predicted octanol–water partition coefficient (Wildman–Crippen LogP) is 4.90. The fourth-order valence-corrected chi connectivity index (χ4v) is 4.52. The number of ether oxygens (including phenoxy) is 1. The summed E-state index contributed by atoms with van der Waals surface area (Å²) in [6.07, 6.45) is 3.54. The summed E-state index contributed by atoms with van der Waals surface area (Å²) in [5.74, 6) is 0.960. The minimum atomic E-state index is 0.485. The molecule has 4 rings (SSSR count). The molecule has 0 amide bonds. The highest BCUT2D eigenvalue weighted by Crippen LogP contribution is 2.36. The molecule has 0 radical (unpaired) electrons. The maximum atomic E-state index is 5.82. The molecule has 0 spiro atoms. The minimum Gasteiger partial charge on any atom is -0.494 e. The number of fused-ring (bicyclic) bond motifs is 1. The van der Waals surface area contributed by atoms with Crippen LogP contribution in [-0.2, 0) is 0 Å². The number of thiazole rings is 1. The van der Waals surface area contributed by atoms with Gasteiger partial charge in [0.1, 0.15) is 10.8 Å². The summed E-state index contributed by atoms with van der Waals surface area (Å²) in [5, 5.41) is 1.28. The van der Waals surface area contributed by atoms with Gasteiger partial charge in [-0.2, -0.15) is 0 Å². The summed E-state index contributed by atoms with van der Waals surface area (Å²) in [5.41, 5.74) is 1.14. The molecule has 1 aliphatic heterocycles. The lowest BCUT2D eigenvalue weighted by atomic mass is 10.2. The molecule has 3 aromatic rings. The standard InChI is InChI=1S/C20H22N2OS/c1-2-8-16(9-3-1)23-15-7-14-22-13-6-11-18(22)20-21-17-10-4-5-12-19(17)24-20/h1-5,8-10,12,18H,6-7,11,13-15H2. The van der Waals surface area contributed by atoms with Crippen LogP contribution in [0.15, 0.2) is 54.6 Å². The summed E-state index contributed by atoms with van der Waals surface area (Å²) in [6, 6.07) is 19.0. The monoisotopic (exact) mass is 338 g/mol. The van der Waals surface area contributed by atoms with Crippen molar-refractivity contribution in [2.75, 3.05) is 19.7 Å². The number of rotatable bonds is 6. The van der Waals surface area contributed by atoms with E-state index in [1.54, 1.807) is 0 Å². The Morgan fingerprint density at radius 2 is 1.92 bits per heavy atom. The molecule has 4 heteroatoms. The van der Waals surface area contributed by atoms with Crippen molar-refractivity contribution in [3.8, 4) is 5.75 Å². The molecule has 24 heavy (non-hydrogen) atoms. The van der Waals surface area contributed by atoms with Crippen LogP contribution in [0.25, 0.3) is 10.2 Å². The molecule has 2 aromatic carbocycles. The molecule has 3 nitrogen and oxygen atoms in total. The zero-order chi connectivity index (χ0) is 16.2. The predicted molar refractivity (Wildman–Crippen MR) is 99.7 cm³/mol. The quantitative estimate of drug-likeness (QED) is 0.598. The van der Waals surface area contributed by atoms with Crippen LogP contribution in [-0.4, -0.2) is 29.6 Å². The molecule has 1 fully saturated rings. The molecule has 124 valence electrons. The van der Waals surface area contributed by atoms with E-state index in [1.807, 2.05) is 41.7 Å². The number of nitrogens with zero attached hydrogens (tertiary/aromatic N) is 2. The van der Waals surface area contributed by atoms with Crippen molar-refractivity contribution in [1.29, 1.82) is 0 Å². The number of hydrogen-bond donors (Lipinski definition) is 0. The summed E-state index contributed by atoms with van der Waals surface area (Å²) in [6.45, 7) is 3.02. The Labute approximate surface area is 146 Å². The van der Waals surface area contributed by atoms with Crippen LogP contribution in [0.4, 0.5) is 0 Å². The Balaban J connectivity index is 1.34. The van der Waals surface area contributed by atoms with Crippen LogP contribution in [0.5, 0.6) is 5.75 Å². The molecule has 1 aromatic heterocycles. The Kier molecular flexibility index (Phi) is 4.76. The average Bonchev–Trinajstić information content (AvgIpc) is 3.25. The van der Waals surface area contributed by atoms with Crippen molar-refractivity contribution in [2.24, 2.45) is 0 Å². The van der Waals surface area contributed by atoms with E-state index in [0.717, 1.165) is 30.8 Å². The van der Waals surface area contributed by atoms with Gasteiger partial charge in [0.2, 0.25) is 0 Å². The van der Waals surface area contributed by atoms with E-state index in [1.165, 1.54) is 29.1 Å². The number of hydrogen-bond acceptors (Lipinski definition) is 4. The topological polar surface area (TPSA) is 25.4 Å². The van der Waals surface area contributed by atoms with Gasteiger partial charge in [-0.05, 0) is 50.1 Å². The Morgan fingerprint density at radius 1 is 1.08 bits per heavy atom. The first-order valence-electron chi connectivity index (χ1n) is 8.67. The fraction of sp³-hybridized carbons (Fsp3) is 0.350. The van der Waals surface area contributed by atoms with Crippen LogP contribution in [0.3, 0.4) is 0 Å². The maximum Gasteiger partial charge on any atom is 0.119 e. The number of para-hydroxylation sites is 2. The zero-order valence-corrected chi connectivity index (χ0v) is 14.5. The van der Waals surface area contributed by atoms with Gasteiger partial charge in [0.25, 0.3) is 0 Å². The molecule has 1 unspecified atom stereocenters. The minimum absolute atomic E-state index is 0.485. The largest absolute Gasteiger partial charge is 0.494 e. The third-order valence-electron chi connectivity index (χ3n) is 4.56. The average molecular weight is 338 g/mol. The summed E-state index contributed by atoms with van der Waals surface area (Å²) in [4.78, 5) is 7.44. The van der Waals surface area contributed by atoms with Gasteiger partial charge in [-0.15, -0.1) is 11.3 Å². The molecule has 1 saturated heterocycles. The molecule has 0 N–H and O–H groups in total. The first-order valence-corrected chi connectivity index (χ1v) is 9.49. The summed E-state index contributed by atoms with van der Waals surface area (Å²) < 4.78 is 7.11. The van der Waals surface area contributed by atoms with Gasteiger partial charge in [-0.3, -0.25) is 4.90 Å². The zero-order valence-electron chi connectivity index (χ0n) is 13.7. The first-order chi connectivity index (χ1) is 11.9. The van der Waals surface area contributed by atoms with E-state index in [4.69, 9.17) is 9.72 Å². The highest BCUT2D eigenvalue weighted by molar-refractivity contribution is 7.18. The number of aromatic nitrogens is 1. The van der Waals surface area contributed by atoms with Crippen molar-refractivity contribution in [2.45, 2.75) is 25.3 Å². The van der Waals surface area contributed by atoms with Crippen LogP contribution < -0.4 is 4.74 Å². The van der Waals surface area contributed by atoms with Crippen molar-refractivity contribution in [3.05, 3.63) is 59.6 Å². The molecule has 1 aliphatic rings. The highest BCUT2D eigenvalue weighted by atomic mass is 32.1. The molecule has 0 aliphatic carbocycles. The second-order valence-electron chi connectivity index (χ2n) is 6.23. The van der Waals surface area contributed by atoms with Crippen molar-refractivity contribution < 1.29 is 4.74 Å². The van der Waals surface area contributed by atoms with Crippen molar-refractivity contribution >= 4 is 21.6 Å². The molecule has 2 heterocycles. The van der Waals surface area contributed by atoms with E-state index in [-0.39, 0.29) is 0 Å². The van der Waals surface area contributed by atoms with Crippen LogP contribution in [0, 0.1) is 0 Å². The summed E-state index contributed by atoms with van der Waals surface area (Å²) in [7, 11) is 0. The van der Waals surface area contributed by atoms with Crippen LogP contribution in [0.2, 0.25) is 0 Å². The lowest BCUT2D eigenvalue weighted by Gasteiger charge is -2.22. The van der Waals surface area contributed by atoms with E-state index in [9.17, 15) is 0 Å². The van der Waals surface area contributed by atoms with Crippen LogP contribution in [0.1, 0.15) is 30.3 Å². The second-order valence-corrected chi connectivity index (χ2v) is 7.29. The summed E-state index contributed by atoms with van der Waals surface area (Å²) >= 11 is 1.85.